The van der Waals surface area contributed by atoms with Crippen molar-refractivity contribution in [3.05, 3.63) is 23.8 Å². The topological polar surface area (TPSA) is 44.8 Å². The molecule has 10 atom stereocenters. The van der Waals surface area contributed by atoms with E-state index in [4.69, 9.17) is 14.2 Å². The lowest BCUT2D eigenvalue weighted by Gasteiger charge is -2.60. The van der Waals surface area contributed by atoms with Gasteiger partial charge >= 0.3 is 5.97 Å². The van der Waals surface area contributed by atoms with Crippen LogP contribution in [0.5, 0.6) is 0 Å². The second kappa shape index (κ2) is 11.8. The van der Waals surface area contributed by atoms with Gasteiger partial charge in [0.1, 0.15) is 12.2 Å². The van der Waals surface area contributed by atoms with E-state index in [0.717, 1.165) is 30.6 Å². The van der Waals surface area contributed by atoms with Crippen LogP contribution in [0.2, 0.25) is 0 Å². The Labute approximate surface area is 251 Å². The Hall–Kier alpha value is -1.13. The molecule has 0 bridgehead atoms. The van der Waals surface area contributed by atoms with Gasteiger partial charge in [0.2, 0.25) is 0 Å². The van der Waals surface area contributed by atoms with Crippen LogP contribution in [0.4, 0.5) is 0 Å². The molecule has 1 saturated heterocycles. The van der Waals surface area contributed by atoms with Crippen molar-refractivity contribution < 1.29 is 19.0 Å². The summed E-state index contributed by atoms with van der Waals surface area (Å²) >= 11 is 0. The molecule has 4 fully saturated rings. The number of ether oxygens (including phenoxy) is 3. The number of hydrogen-bond acceptors (Lipinski definition) is 4. The molecule has 0 aromatic rings. The van der Waals surface area contributed by atoms with E-state index in [9.17, 15) is 4.79 Å². The van der Waals surface area contributed by atoms with Gasteiger partial charge in [-0.2, -0.15) is 0 Å². The lowest BCUT2D eigenvalue weighted by Crippen LogP contribution is -2.55. The normalized spacial score (nSPS) is 42.2. The largest absolute Gasteiger partial charge is 0.458 e. The molecule has 0 radical (unpaired) electrons. The zero-order valence-electron chi connectivity index (χ0n) is 27.6. The highest BCUT2D eigenvalue weighted by Gasteiger charge is 2.62. The van der Waals surface area contributed by atoms with Crippen molar-refractivity contribution in [2.45, 2.75) is 144 Å². The van der Waals surface area contributed by atoms with E-state index >= 15 is 0 Å². The molecular weight excluding hydrogens is 508 g/mol. The second-order valence-corrected chi connectivity index (χ2v) is 16.3. The first-order valence-corrected chi connectivity index (χ1v) is 17.1. The van der Waals surface area contributed by atoms with E-state index in [0.29, 0.717) is 35.7 Å². The summed E-state index contributed by atoms with van der Waals surface area (Å²) in [5.41, 5.74) is 3.31. The number of esters is 1. The smallest absolute Gasteiger partial charge is 0.303 e. The van der Waals surface area contributed by atoms with E-state index in [1.54, 1.807) is 12.5 Å². The van der Waals surface area contributed by atoms with Crippen LogP contribution in [-0.2, 0) is 19.0 Å². The fraction of sp³-hybridized carbons (Fsp3) is 0.865. The summed E-state index contributed by atoms with van der Waals surface area (Å²) in [5.74, 6) is 4.01. The lowest BCUT2D eigenvalue weighted by molar-refractivity contribution is -0.158. The molecule has 4 aliphatic carbocycles. The van der Waals surface area contributed by atoms with E-state index in [2.05, 4.69) is 47.3 Å². The van der Waals surface area contributed by atoms with Crippen molar-refractivity contribution in [1.82, 2.24) is 0 Å². The standard InChI is InChI=1S/C37H60O4/c1-23(2)11-10-12-24(3)29-13-14-30-34-31(16-18-37(29,30)9)36(8)17-15-27(20-28(36)21-32(34)40-26(5)38)19-25(4)33-22-39-35(6,7)41-33/h21,23-24,27,29-34H,4,10-20,22H2,1-3,5-9H3/t24-,27?,29?,30?,31?,32+,33?,34?,36+,37-/m1/s1. The zero-order valence-corrected chi connectivity index (χ0v) is 27.6. The van der Waals surface area contributed by atoms with Gasteiger partial charge in [0, 0.05) is 12.8 Å². The summed E-state index contributed by atoms with van der Waals surface area (Å²) in [6.07, 6.45) is 16.2. The van der Waals surface area contributed by atoms with E-state index < -0.39 is 5.79 Å². The number of rotatable bonds is 9. The van der Waals surface area contributed by atoms with Gasteiger partial charge in [-0.05, 0) is 123 Å². The lowest BCUT2D eigenvalue weighted by atomic mass is 9.46. The van der Waals surface area contributed by atoms with Crippen molar-refractivity contribution in [1.29, 1.82) is 0 Å². The summed E-state index contributed by atoms with van der Waals surface area (Å²) in [5, 5.41) is 0. The molecule has 5 aliphatic rings. The van der Waals surface area contributed by atoms with Gasteiger partial charge in [0.25, 0.3) is 0 Å². The quantitative estimate of drug-likeness (QED) is 0.205. The molecule has 3 saturated carbocycles. The molecule has 5 rings (SSSR count). The molecule has 4 heteroatoms. The average Bonchev–Trinajstić information content (AvgIpc) is 3.43. The summed E-state index contributed by atoms with van der Waals surface area (Å²) < 4.78 is 18.2. The minimum atomic E-state index is -0.516. The van der Waals surface area contributed by atoms with Crippen molar-refractivity contribution in [3.63, 3.8) is 0 Å². The summed E-state index contributed by atoms with van der Waals surface area (Å²) in [6, 6.07) is 0. The number of carbonyl (C=O) groups excluding carboxylic acids is 1. The number of hydrogen-bond donors (Lipinski definition) is 0. The highest BCUT2D eigenvalue weighted by atomic mass is 16.7. The highest BCUT2D eigenvalue weighted by molar-refractivity contribution is 5.66. The predicted octanol–water partition coefficient (Wildman–Crippen LogP) is 9.28. The van der Waals surface area contributed by atoms with Gasteiger partial charge in [-0.25, -0.2) is 0 Å². The minimum Gasteiger partial charge on any atom is -0.458 e. The van der Waals surface area contributed by atoms with Gasteiger partial charge in [0.05, 0.1) is 6.61 Å². The van der Waals surface area contributed by atoms with Gasteiger partial charge in [-0.15, -0.1) is 0 Å². The molecular formula is C37H60O4. The molecule has 0 spiro atoms. The zero-order chi connectivity index (χ0) is 29.7. The first kappa shape index (κ1) is 31.3. The van der Waals surface area contributed by atoms with Gasteiger partial charge in [0.15, 0.2) is 5.79 Å². The number of allylic oxidation sites excluding steroid dienone is 1. The van der Waals surface area contributed by atoms with Gasteiger partial charge in [-0.3, -0.25) is 4.79 Å². The number of carbonyl (C=O) groups is 1. The molecule has 41 heavy (non-hydrogen) atoms. The van der Waals surface area contributed by atoms with E-state index in [-0.39, 0.29) is 23.6 Å². The third-order valence-corrected chi connectivity index (χ3v) is 12.7. The van der Waals surface area contributed by atoms with Crippen LogP contribution in [0.15, 0.2) is 23.8 Å². The van der Waals surface area contributed by atoms with Crippen LogP contribution in [-0.4, -0.2) is 30.6 Å². The van der Waals surface area contributed by atoms with E-state index in [1.807, 2.05) is 13.8 Å². The van der Waals surface area contributed by atoms with Gasteiger partial charge in [-0.1, -0.05) is 66.0 Å². The highest BCUT2D eigenvalue weighted by Crippen LogP contribution is 2.68. The molecule has 4 nitrogen and oxygen atoms in total. The first-order chi connectivity index (χ1) is 19.2. The number of fused-ring (bicyclic) bond motifs is 5. The molecule has 0 amide bonds. The Morgan fingerprint density at radius 1 is 1.05 bits per heavy atom. The molecule has 232 valence electrons. The van der Waals surface area contributed by atoms with Crippen LogP contribution in [0, 0.1) is 52.3 Å². The fourth-order valence-electron chi connectivity index (χ4n) is 10.6. The SMILES string of the molecule is C=C(CC1CC[C@@]2(C)C(=C[C@H](OC(C)=O)C3C4CCC([C@H](C)CCCC(C)C)[C@@]4(C)CCC32)C1)C1COC(C)(C)O1. The van der Waals surface area contributed by atoms with E-state index in [1.165, 1.54) is 63.4 Å². The first-order valence-electron chi connectivity index (χ1n) is 17.1. The Morgan fingerprint density at radius 3 is 2.46 bits per heavy atom. The Bertz CT molecular complexity index is 1010. The van der Waals surface area contributed by atoms with Crippen molar-refractivity contribution in [3.8, 4) is 0 Å². The van der Waals surface area contributed by atoms with Gasteiger partial charge < -0.3 is 14.2 Å². The Morgan fingerprint density at radius 2 is 1.80 bits per heavy atom. The summed E-state index contributed by atoms with van der Waals surface area (Å²) in [6.45, 7) is 23.0. The second-order valence-electron chi connectivity index (χ2n) is 16.3. The van der Waals surface area contributed by atoms with Crippen molar-refractivity contribution in [2.24, 2.45) is 52.3 Å². The molecule has 1 aliphatic heterocycles. The summed E-state index contributed by atoms with van der Waals surface area (Å²) in [4.78, 5) is 12.5. The van der Waals surface area contributed by atoms with Crippen molar-refractivity contribution >= 4 is 5.97 Å². The maximum atomic E-state index is 12.5. The maximum Gasteiger partial charge on any atom is 0.303 e. The van der Waals surface area contributed by atoms with Crippen LogP contribution >= 0.6 is 0 Å². The van der Waals surface area contributed by atoms with Crippen LogP contribution < -0.4 is 0 Å². The average molecular weight is 569 g/mol. The monoisotopic (exact) mass is 568 g/mol. The summed E-state index contributed by atoms with van der Waals surface area (Å²) in [7, 11) is 0. The molecule has 0 N–H and O–H groups in total. The van der Waals surface area contributed by atoms with Crippen LogP contribution in [0.3, 0.4) is 0 Å². The molecule has 0 aromatic carbocycles. The minimum absolute atomic E-state index is 0.00378. The van der Waals surface area contributed by atoms with Crippen LogP contribution in [0.1, 0.15) is 126 Å². The predicted molar refractivity (Wildman–Crippen MR) is 166 cm³/mol. The third kappa shape index (κ3) is 6.13. The maximum absolute atomic E-state index is 12.5. The molecule has 1 heterocycles. The van der Waals surface area contributed by atoms with Crippen LogP contribution in [0.25, 0.3) is 0 Å². The molecule has 6 unspecified atom stereocenters. The molecule has 0 aromatic heterocycles. The Balaban J connectivity index is 1.34. The van der Waals surface area contributed by atoms with Crippen molar-refractivity contribution in [2.75, 3.05) is 6.61 Å². The third-order valence-electron chi connectivity index (χ3n) is 12.7. The fourth-order valence-corrected chi connectivity index (χ4v) is 10.6. The Kier molecular flexibility index (Phi) is 8.97.